The van der Waals surface area contributed by atoms with Gasteiger partial charge in [0.25, 0.3) is 5.69 Å². The molecule has 0 amide bonds. The van der Waals surface area contributed by atoms with Crippen molar-refractivity contribution >= 4 is 11.4 Å². The van der Waals surface area contributed by atoms with E-state index in [-0.39, 0.29) is 10.6 Å². The Bertz CT molecular complexity index is 389. The van der Waals surface area contributed by atoms with Gasteiger partial charge >= 0.3 is 0 Å². The highest BCUT2D eigenvalue weighted by Gasteiger charge is 2.19. The van der Waals surface area contributed by atoms with Gasteiger partial charge in [0.1, 0.15) is 0 Å². The maximum absolute atomic E-state index is 10.8. The second-order valence-electron chi connectivity index (χ2n) is 3.43. The quantitative estimate of drug-likeness (QED) is 0.617. The minimum Gasteiger partial charge on any atom is -0.384 e. The first-order valence-electron chi connectivity index (χ1n) is 5.76. The molecule has 0 atom stereocenters. The highest BCUT2D eigenvalue weighted by atomic mass is 16.6. The van der Waals surface area contributed by atoms with Crippen LogP contribution in [0.1, 0.15) is 31.9 Å². The lowest BCUT2D eigenvalue weighted by molar-refractivity contribution is -0.385. The number of hydrogen-bond acceptors (Lipinski definition) is 3. The van der Waals surface area contributed by atoms with Crippen LogP contribution in [0.4, 0.5) is 11.4 Å². The number of nitrogens with zero attached hydrogens (tertiary/aromatic N) is 1. The number of nitrogens with one attached hydrogen (secondary N) is 1. The smallest absolute Gasteiger partial charge is 0.274 e. The summed E-state index contributed by atoms with van der Waals surface area (Å²) in [6.07, 6.45) is 1.68. The van der Waals surface area contributed by atoms with Crippen LogP contribution in [0.25, 0.3) is 0 Å². The van der Waals surface area contributed by atoms with E-state index in [4.69, 9.17) is 0 Å². The van der Waals surface area contributed by atoms with Gasteiger partial charge in [0.2, 0.25) is 0 Å². The van der Waals surface area contributed by atoms with Crippen molar-refractivity contribution in [3.63, 3.8) is 0 Å². The normalized spacial score (nSPS) is 12.2. The van der Waals surface area contributed by atoms with Crippen LogP contribution in [0.15, 0.2) is 12.1 Å². The topological polar surface area (TPSA) is 55.2 Å². The van der Waals surface area contributed by atoms with Gasteiger partial charge in [-0.3, -0.25) is 10.1 Å². The van der Waals surface area contributed by atoms with E-state index in [0.29, 0.717) is 6.42 Å². The zero-order chi connectivity index (χ0) is 12.1. The predicted molar refractivity (Wildman–Crippen MR) is 66.0 cm³/mol. The molecule has 0 bridgehead atoms. The number of hydrogen-bond donors (Lipinski definition) is 1. The van der Waals surface area contributed by atoms with E-state index in [2.05, 4.69) is 5.32 Å². The van der Waals surface area contributed by atoms with Crippen LogP contribution in [-0.2, 0) is 12.8 Å². The highest BCUT2D eigenvalue weighted by Crippen LogP contribution is 2.30. The van der Waals surface area contributed by atoms with E-state index >= 15 is 0 Å². The fraction of sp³-hybridized carbons (Fsp3) is 0.500. The molecule has 1 heterocycles. The zero-order valence-corrected chi connectivity index (χ0v) is 10.0. The number of anilines is 1. The molecule has 0 radical (unpaired) electrons. The summed E-state index contributed by atoms with van der Waals surface area (Å²) in [4.78, 5) is 10.5. The van der Waals surface area contributed by atoms with E-state index in [1.54, 1.807) is 6.07 Å². The third-order valence-electron chi connectivity index (χ3n) is 2.59. The molecular formula is C12H18N2O2. The Morgan fingerprint density at radius 2 is 2.12 bits per heavy atom. The molecule has 0 fully saturated rings. The van der Waals surface area contributed by atoms with Crippen LogP contribution in [0.2, 0.25) is 0 Å². The number of fused-ring (bicyclic) bond motifs is 1. The van der Waals surface area contributed by atoms with Crippen LogP contribution in [0.5, 0.6) is 0 Å². The molecule has 1 aromatic rings. The maximum atomic E-state index is 10.8. The van der Waals surface area contributed by atoms with Gasteiger partial charge in [-0.15, -0.1) is 0 Å². The standard InChI is InChI=1S/C10H12N2O2.C2H6/c1-2-7-5-8-3-4-11-9(8)6-10(7)12(13)14;1-2/h5-6,11H,2-4H2,1H3;1-2H3. The van der Waals surface area contributed by atoms with Crippen LogP contribution < -0.4 is 5.32 Å². The fourth-order valence-corrected chi connectivity index (χ4v) is 1.84. The molecule has 88 valence electrons. The van der Waals surface area contributed by atoms with Gasteiger partial charge in [-0.05, 0) is 24.5 Å². The van der Waals surface area contributed by atoms with Gasteiger partial charge in [-0.1, -0.05) is 20.8 Å². The lowest BCUT2D eigenvalue weighted by Crippen LogP contribution is -1.96. The Morgan fingerprint density at radius 1 is 1.44 bits per heavy atom. The molecule has 0 saturated carbocycles. The molecule has 1 aliphatic heterocycles. The summed E-state index contributed by atoms with van der Waals surface area (Å²) >= 11 is 0. The average molecular weight is 222 g/mol. The van der Waals surface area contributed by atoms with Crippen molar-refractivity contribution in [2.45, 2.75) is 33.6 Å². The molecule has 2 rings (SSSR count). The van der Waals surface area contributed by atoms with Gasteiger partial charge in [0.15, 0.2) is 0 Å². The Balaban J connectivity index is 0.000000606. The summed E-state index contributed by atoms with van der Waals surface area (Å²) < 4.78 is 0. The van der Waals surface area contributed by atoms with E-state index in [1.807, 2.05) is 26.8 Å². The number of rotatable bonds is 2. The zero-order valence-electron chi connectivity index (χ0n) is 10.0. The summed E-state index contributed by atoms with van der Waals surface area (Å²) in [5, 5.41) is 13.9. The minimum absolute atomic E-state index is 0.237. The average Bonchev–Trinajstić information content (AvgIpc) is 2.76. The third-order valence-corrected chi connectivity index (χ3v) is 2.59. The molecule has 4 heteroatoms. The lowest BCUT2D eigenvalue weighted by Gasteiger charge is -2.04. The van der Waals surface area contributed by atoms with E-state index < -0.39 is 0 Å². The molecule has 1 aliphatic rings. The van der Waals surface area contributed by atoms with Crippen LogP contribution >= 0.6 is 0 Å². The first kappa shape index (κ1) is 12.5. The van der Waals surface area contributed by atoms with Gasteiger partial charge in [-0.2, -0.15) is 0 Å². The number of benzene rings is 1. The maximum Gasteiger partial charge on any atom is 0.274 e. The second kappa shape index (κ2) is 5.49. The predicted octanol–water partition coefficient (Wildman–Crippen LogP) is 3.15. The van der Waals surface area contributed by atoms with Crippen LogP contribution in [0.3, 0.4) is 0 Å². The summed E-state index contributed by atoms with van der Waals surface area (Å²) in [6, 6.07) is 3.61. The fourth-order valence-electron chi connectivity index (χ4n) is 1.84. The lowest BCUT2D eigenvalue weighted by atomic mass is 10.0. The number of nitro groups is 1. The van der Waals surface area contributed by atoms with Crippen molar-refractivity contribution in [1.29, 1.82) is 0 Å². The van der Waals surface area contributed by atoms with E-state index in [9.17, 15) is 10.1 Å². The second-order valence-corrected chi connectivity index (χ2v) is 3.43. The van der Waals surface area contributed by atoms with Crippen molar-refractivity contribution in [2.24, 2.45) is 0 Å². The molecule has 0 spiro atoms. The molecule has 0 aromatic heterocycles. The Morgan fingerprint density at radius 3 is 2.69 bits per heavy atom. The molecule has 1 aromatic carbocycles. The molecule has 1 N–H and O–H groups in total. The minimum atomic E-state index is -0.306. The van der Waals surface area contributed by atoms with Crippen molar-refractivity contribution in [3.8, 4) is 0 Å². The van der Waals surface area contributed by atoms with E-state index in [1.165, 1.54) is 5.56 Å². The molecule has 0 aliphatic carbocycles. The summed E-state index contributed by atoms with van der Waals surface area (Å²) in [7, 11) is 0. The van der Waals surface area contributed by atoms with Gasteiger partial charge < -0.3 is 5.32 Å². The molecular weight excluding hydrogens is 204 g/mol. The van der Waals surface area contributed by atoms with Crippen molar-refractivity contribution in [2.75, 3.05) is 11.9 Å². The van der Waals surface area contributed by atoms with E-state index in [0.717, 1.165) is 24.2 Å². The monoisotopic (exact) mass is 222 g/mol. The SMILES string of the molecule is CC.CCc1cc2c(cc1[N+](=O)[O-])NCC2. The van der Waals surface area contributed by atoms with Gasteiger partial charge in [0, 0.05) is 23.9 Å². The third kappa shape index (κ3) is 2.32. The van der Waals surface area contributed by atoms with Crippen molar-refractivity contribution in [1.82, 2.24) is 0 Å². The summed E-state index contributed by atoms with van der Waals surface area (Å²) in [5.74, 6) is 0. The molecule has 0 unspecified atom stereocenters. The first-order chi connectivity index (χ1) is 7.72. The molecule has 4 nitrogen and oxygen atoms in total. The van der Waals surface area contributed by atoms with Gasteiger partial charge in [-0.25, -0.2) is 0 Å². The van der Waals surface area contributed by atoms with Crippen molar-refractivity contribution in [3.05, 3.63) is 33.4 Å². The van der Waals surface area contributed by atoms with Crippen molar-refractivity contribution < 1.29 is 4.92 Å². The Hall–Kier alpha value is -1.58. The Kier molecular flexibility index (Phi) is 4.28. The number of nitro benzene ring substituents is 1. The van der Waals surface area contributed by atoms with Crippen LogP contribution in [-0.4, -0.2) is 11.5 Å². The van der Waals surface area contributed by atoms with Crippen LogP contribution in [0, 0.1) is 10.1 Å². The first-order valence-corrected chi connectivity index (χ1v) is 5.76. The molecule has 0 saturated heterocycles. The summed E-state index contributed by atoms with van der Waals surface area (Å²) in [5.41, 5.74) is 3.19. The highest BCUT2D eigenvalue weighted by molar-refractivity contribution is 5.63. The number of aryl methyl sites for hydroxylation is 1. The largest absolute Gasteiger partial charge is 0.384 e. The van der Waals surface area contributed by atoms with Gasteiger partial charge in [0.05, 0.1) is 4.92 Å². The Labute approximate surface area is 95.8 Å². The molecule has 16 heavy (non-hydrogen) atoms. The summed E-state index contributed by atoms with van der Waals surface area (Å²) in [6.45, 7) is 6.83.